The molecule has 1 aliphatic heterocycles. The van der Waals surface area contributed by atoms with Crippen molar-refractivity contribution in [3.63, 3.8) is 0 Å². The largest absolute Gasteiger partial charge is 0.369 e. The molecule has 0 aliphatic carbocycles. The van der Waals surface area contributed by atoms with Crippen LogP contribution in [0.15, 0.2) is 12.1 Å². The van der Waals surface area contributed by atoms with Gasteiger partial charge >= 0.3 is 0 Å². The van der Waals surface area contributed by atoms with E-state index in [4.69, 9.17) is 4.98 Å². The molecule has 1 aliphatic rings. The second-order valence-corrected chi connectivity index (χ2v) is 5.62. The van der Waals surface area contributed by atoms with Gasteiger partial charge in [0.05, 0.1) is 0 Å². The number of aromatic nitrogens is 1. The molecule has 0 saturated carbocycles. The number of pyridine rings is 1. The number of piperazine rings is 1. The van der Waals surface area contributed by atoms with Gasteiger partial charge in [-0.3, -0.25) is 0 Å². The normalized spacial score (nSPS) is 15.0. The van der Waals surface area contributed by atoms with E-state index < -0.39 is 0 Å². The van der Waals surface area contributed by atoms with Crippen LogP contribution in [0.2, 0.25) is 0 Å². The Morgan fingerprint density at radius 2 is 1.36 bits per heavy atom. The van der Waals surface area contributed by atoms with Crippen molar-refractivity contribution in [1.29, 1.82) is 0 Å². The molecule has 0 radical (unpaired) electrons. The maximum absolute atomic E-state index is 4.92. The van der Waals surface area contributed by atoms with E-state index in [1.165, 1.54) is 5.69 Å². The van der Waals surface area contributed by atoms with Crippen LogP contribution < -0.4 is 20.0 Å². The van der Waals surface area contributed by atoms with Gasteiger partial charge in [-0.15, -0.1) is 0 Å². The van der Waals surface area contributed by atoms with Crippen molar-refractivity contribution in [2.75, 3.05) is 67.1 Å². The van der Waals surface area contributed by atoms with Crippen LogP contribution in [-0.4, -0.2) is 57.3 Å². The van der Waals surface area contributed by atoms with Gasteiger partial charge in [0.2, 0.25) is 0 Å². The van der Waals surface area contributed by atoms with Crippen LogP contribution in [0.25, 0.3) is 0 Å². The quantitative estimate of drug-likeness (QED) is 0.835. The monoisotopic (exact) mass is 305 g/mol. The van der Waals surface area contributed by atoms with Gasteiger partial charge in [-0.05, 0) is 27.7 Å². The van der Waals surface area contributed by atoms with E-state index >= 15 is 0 Å². The topological polar surface area (TPSA) is 34.6 Å². The Labute approximate surface area is 135 Å². The van der Waals surface area contributed by atoms with Crippen molar-refractivity contribution >= 4 is 17.3 Å². The predicted molar refractivity (Wildman–Crippen MR) is 96.4 cm³/mol. The van der Waals surface area contributed by atoms with Crippen LogP contribution in [0.1, 0.15) is 27.7 Å². The molecule has 1 N–H and O–H groups in total. The number of hydrogen-bond acceptors (Lipinski definition) is 5. The first-order chi connectivity index (χ1) is 10.7. The minimum absolute atomic E-state index is 0.992. The fourth-order valence-corrected chi connectivity index (χ4v) is 3.01. The molecule has 0 spiro atoms. The first-order valence-electron chi connectivity index (χ1n) is 8.71. The van der Waals surface area contributed by atoms with E-state index in [2.05, 4.69) is 59.8 Å². The highest BCUT2D eigenvalue weighted by Gasteiger charge is 2.16. The van der Waals surface area contributed by atoms with Gasteiger partial charge in [0.25, 0.3) is 0 Å². The molecule has 124 valence electrons. The van der Waals surface area contributed by atoms with Crippen LogP contribution in [0.3, 0.4) is 0 Å². The van der Waals surface area contributed by atoms with Gasteiger partial charge in [-0.25, -0.2) is 4.98 Å². The summed E-state index contributed by atoms with van der Waals surface area (Å²) in [4.78, 5) is 12.1. The minimum Gasteiger partial charge on any atom is -0.369 e. The summed E-state index contributed by atoms with van der Waals surface area (Å²) < 4.78 is 0. The summed E-state index contributed by atoms with van der Waals surface area (Å²) in [5.41, 5.74) is 1.31. The number of rotatable bonds is 7. The molecule has 5 heteroatoms. The van der Waals surface area contributed by atoms with Crippen molar-refractivity contribution in [2.45, 2.75) is 27.7 Å². The van der Waals surface area contributed by atoms with Crippen LogP contribution in [0.4, 0.5) is 17.3 Å². The van der Waals surface area contributed by atoms with Gasteiger partial charge in [-0.1, -0.05) is 0 Å². The SMILES string of the molecule is CCN(CC)c1cc(N2CCNCC2)cc(N(CC)CC)n1. The maximum Gasteiger partial charge on any atom is 0.133 e. The molecule has 0 atom stereocenters. The molecular formula is C17H31N5. The lowest BCUT2D eigenvalue weighted by Gasteiger charge is -2.32. The highest BCUT2D eigenvalue weighted by Crippen LogP contribution is 2.27. The summed E-state index contributed by atoms with van der Waals surface area (Å²) >= 11 is 0. The minimum atomic E-state index is 0.992. The van der Waals surface area contributed by atoms with Crippen molar-refractivity contribution in [2.24, 2.45) is 0 Å². The van der Waals surface area contributed by atoms with E-state index in [9.17, 15) is 0 Å². The first-order valence-corrected chi connectivity index (χ1v) is 8.71. The van der Waals surface area contributed by atoms with Crippen LogP contribution >= 0.6 is 0 Å². The Bertz CT molecular complexity index is 418. The predicted octanol–water partition coefficient (Wildman–Crippen LogP) is 2.18. The van der Waals surface area contributed by atoms with E-state index in [0.29, 0.717) is 0 Å². The molecule has 1 aromatic heterocycles. The Morgan fingerprint density at radius 1 is 0.909 bits per heavy atom. The molecule has 0 bridgehead atoms. The Balaban J connectivity index is 2.38. The number of anilines is 3. The average molecular weight is 305 g/mol. The van der Waals surface area contributed by atoms with Gasteiger partial charge in [0.15, 0.2) is 0 Å². The fraction of sp³-hybridized carbons (Fsp3) is 0.706. The molecule has 0 amide bonds. The molecule has 22 heavy (non-hydrogen) atoms. The first kappa shape index (κ1) is 16.9. The van der Waals surface area contributed by atoms with Gasteiger partial charge < -0.3 is 20.0 Å². The lowest BCUT2D eigenvalue weighted by Crippen LogP contribution is -2.43. The van der Waals surface area contributed by atoms with E-state index in [0.717, 1.165) is 64.0 Å². The van der Waals surface area contributed by atoms with Gasteiger partial charge in [-0.2, -0.15) is 0 Å². The molecule has 1 aromatic rings. The van der Waals surface area contributed by atoms with E-state index in [1.54, 1.807) is 0 Å². The summed E-state index contributed by atoms with van der Waals surface area (Å²) in [6.07, 6.45) is 0. The third-order valence-corrected chi connectivity index (χ3v) is 4.44. The lowest BCUT2D eigenvalue weighted by molar-refractivity contribution is 0.589. The van der Waals surface area contributed by atoms with E-state index in [1.807, 2.05) is 0 Å². The average Bonchev–Trinajstić information content (AvgIpc) is 2.58. The summed E-state index contributed by atoms with van der Waals surface area (Å²) in [7, 11) is 0. The second-order valence-electron chi connectivity index (χ2n) is 5.62. The zero-order valence-electron chi connectivity index (χ0n) is 14.6. The summed E-state index contributed by atoms with van der Waals surface area (Å²) in [6, 6.07) is 4.51. The number of nitrogens with one attached hydrogen (secondary N) is 1. The zero-order valence-corrected chi connectivity index (χ0v) is 14.6. The third-order valence-electron chi connectivity index (χ3n) is 4.44. The highest BCUT2D eigenvalue weighted by molar-refractivity contribution is 5.63. The van der Waals surface area contributed by atoms with Crippen LogP contribution in [0.5, 0.6) is 0 Å². The molecule has 1 saturated heterocycles. The molecule has 1 fully saturated rings. The number of hydrogen-bond donors (Lipinski definition) is 1. The smallest absolute Gasteiger partial charge is 0.133 e. The van der Waals surface area contributed by atoms with Crippen molar-refractivity contribution in [3.05, 3.63) is 12.1 Å². The third kappa shape index (κ3) is 3.83. The molecule has 0 unspecified atom stereocenters. The van der Waals surface area contributed by atoms with Crippen LogP contribution in [0, 0.1) is 0 Å². The number of nitrogens with zero attached hydrogens (tertiary/aromatic N) is 4. The van der Waals surface area contributed by atoms with Crippen molar-refractivity contribution in [3.8, 4) is 0 Å². The summed E-state index contributed by atoms with van der Waals surface area (Å²) in [6.45, 7) is 17.0. The van der Waals surface area contributed by atoms with Crippen molar-refractivity contribution < 1.29 is 0 Å². The molecule has 2 rings (SSSR count). The van der Waals surface area contributed by atoms with Crippen molar-refractivity contribution in [1.82, 2.24) is 10.3 Å². The molecule has 0 aromatic carbocycles. The fourth-order valence-electron chi connectivity index (χ4n) is 3.01. The molecule has 2 heterocycles. The highest BCUT2D eigenvalue weighted by atomic mass is 15.3. The van der Waals surface area contributed by atoms with Gasteiger partial charge in [0.1, 0.15) is 11.6 Å². The van der Waals surface area contributed by atoms with E-state index in [-0.39, 0.29) is 0 Å². The zero-order chi connectivity index (χ0) is 15.9. The van der Waals surface area contributed by atoms with Gasteiger partial charge in [0, 0.05) is 70.2 Å². The Kier molecular flexibility index (Phi) is 6.31. The lowest BCUT2D eigenvalue weighted by atomic mass is 10.2. The van der Waals surface area contributed by atoms with Crippen LogP contribution in [-0.2, 0) is 0 Å². The molecule has 5 nitrogen and oxygen atoms in total. The standard InChI is InChI=1S/C17H31N5/c1-5-20(6-2)16-13-15(22-11-9-18-10-12-22)14-17(19-16)21(7-3)8-4/h13-14,18H,5-12H2,1-4H3. The molecular weight excluding hydrogens is 274 g/mol. The Hall–Kier alpha value is -1.49. The summed E-state index contributed by atoms with van der Waals surface area (Å²) in [5.74, 6) is 2.20. The summed E-state index contributed by atoms with van der Waals surface area (Å²) in [5, 5.41) is 3.43. The maximum atomic E-state index is 4.92. The Morgan fingerprint density at radius 3 is 1.77 bits per heavy atom. The second kappa shape index (κ2) is 8.22.